The Bertz CT molecular complexity index is 743. The largest absolute Gasteiger partial charge is 0.347 e. The molecule has 0 saturated heterocycles. The first-order chi connectivity index (χ1) is 9.95. The number of nitrogens with zero attached hydrogens (tertiary/aromatic N) is 3. The van der Waals surface area contributed by atoms with Gasteiger partial charge in [0.2, 0.25) is 0 Å². The van der Waals surface area contributed by atoms with E-state index in [1.807, 2.05) is 6.20 Å². The average Bonchev–Trinajstić information content (AvgIpc) is 2.93. The van der Waals surface area contributed by atoms with E-state index >= 15 is 0 Å². The standard InChI is InChI=1S/C17H22ClN3/c1-6-14-13(4)15-16(19(14)5)11(2)9-12(3)17(15)20-7-8-21(18)10-20/h7-9H,6,10H2,1-5H3. The van der Waals surface area contributed by atoms with Gasteiger partial charge in [-0.3, -0.25) is 4.42 Å². The highest BCUT2D eigenvalue weighted by Crippen LogP contribution is 2.39. The number of fused-ring (bicyclic) bond motifs is 1. The van der Waals surface area contributed by atoms with Crippen molar-refractivity contribution in [2.75, 3.05) is 11.6 Å². The highest BCUT2D eigenvalue weighted by molar-refractivity contribution is 6.14. The third kappa shape index (κ3) is 2.03. The number of aromatic nitrogens is 1. The maximum absolute atomic E-state index is 6.09. The molecule has 0 amide bonds. The van der Waals surface area contributed by atoms with Gasteiger partial charge in [-0.2, -0.15) is 0 Å². The Kier molecular flexibility index (Phi) is 3.40. The SMILES string of the molecule is CCc1c(C)c2c(N3C=CN(Cl)C3)c(C)cc(C)c2n1C. The van der Waals surface area contributed by atoms with Crippen LogP contribution in [0.3, 0.4) is 0 Å². The van der Waals surface area contributed by atoms with E-state index in [0.29, 0.717) is 6.67 Å². The van der Waals surface area contributed by atoms with Crippen molar-refractivity contribution in [2.24, 2.45) is 7.05 Å². The van der Waals surface area contributed by atoms with E-state index in [0.717, 1.165) is 6.42 Å². The van der Waals surface area contributed by atoms with Gasteiger partial charge in [0, 0.05) is 42.3 Å². The zero-order chi connectivity index (χ0) is 15.3. The lowest BCUT2D eigenvalue weighted by Gasteiger charge is -2.22. The van der Waals surface area contributed by atoms with Crippen LogP contribution in [0, 0.1) is 20.8 Å². The van der Waals surface area contributed by atoms with E-state index in [4.69, 9.17) is 11.8 Å². The third-order valence-corrected chi connectivity index (χ3v) is 4.74. The Morgan fingerprint density at radius 3 is 2.43 bits per heavy atom. The normalized spacial score (nSPS) is 14.8. The van der Waals surface area contributed by atoms with Crippen molar-refractivity contribution >= 4 is 28.4 Å². The lowest BCUT2D eigenvalue weighted by Crippen LogP contribution is -2.20. The van der Waals surface area contributed by atoms with E-state index in [2.05, 4.69) is 56.5 Å². The van der Waals surface area contributed by atoms with Crippen molar-refractivity contribution in [2.45, 2.75) is 34.1 Å². The molecule has 0 spiro atoms. The van der Waals surface area contributed by atoms with Crippen molar-refractivity contribution in [3.63, 3.8) is 0 Å². The van der Waals surface area contributed by atoms with E-state index in [-0.39, 0.29) is 0 Å². The van der Waals surface area contributed by atoms with E-state index < -0.39 is 0 Å². The Hall–Kier alpha value is -1.61. The fraction of sp³-hybridized carbons (Fsp3) is 0.412. The van der Waals surface area contributed by atoms with Crippen LogP contribution >= 0.6 is 11.8 Å². The Labute approximate surface area is 131 Å². The minimum Gasteiger partial charge on any atom is -0.347 e. The zero-order valence-corrected chi connectivity index (χ0v) is 14.1. The maximum Gasteiger partial charge on any atom is 0.110 e. The number of aryl methyl sites for hydroxylation is 4. The molecule has 0 fully saturated rings. The number of hydrogen-bond donors (Lipinski definition) is 0. The van der Waals surface area contributed by atoms with Gasteiger partial charge in [0.05, 0.1) is 11.2 Å². The Morgan fingerprint density at radius 1 is 1.14 bits per heavy atom. The summed E-state index contributed by atoms with van der Waals surface area (Å²) in [6.07, 6.45) is 5.01. The van der Waals surface area contributed by atoms with Crippen molar-refractivity contribution in [1.29, 1.82) is 0 Å². The molecule has 1 aliphatic heterocycles. The summed E-state index contributed by atoms with van der Waals surface area (Å²) >= 11 is 6.09. The first-order valence-corrected chi connectivity index (χ1v) is 7.75. The smallest absolute Gasteiger partial charge is 0.110 e. The van der Waals surface area contributed by atoms with Gasteiger partial charge in [-0.15, -0.1) is 0 Å². The molecule has 2 aromatic rings. The molecule has 112 valence electrons. The second-order valence-electron chi connectivity index (χ2n) is 5.88. The summed E-state index contributed by atoms with van der Waals surface area (Å²) in [6, 6.07) is 2.28. The maximum atomic E-state index is 6.09. The number of rotatable bonds is 2. The lowest BCUT2D eigenvalue weighted by molar-refractivity contribution is 0.650. The molecule has 1 aromatic carbocycles. The molecule has 21 heavy (non-hydrogen) atoms. The first-order valence-electron chi connectivity index (χ1n) is 7.41. The van der Waals surface area contributed by atoms with Crippen LogP contribution in [0.15, 0.2) is 18.5 Å². The van der Waals surface area contributed by atoms with Crippen LogP contribution < -0.4 is 4.90 Å². The topological polar surface area (TPSA) is 11.4 Å². The summed E-state index contributed by atoms with van der Waals surface area (Å²) in [6.45, 7) is 9.54. The third-order valence-electron chi connectivity index (χ3n) is 4.52. The summed E-state index contributed by atoms with van der Waals surface area (Å²) in [4.78, 5) is 2.23. The van der Waals surface area contributed by atoms with Crippen molar-refractivity contribution in [3.05, 3.63) is 40.9 Å². The molecule has 0 saturated carbocycles. The molecule has 4 heteroatoms. The van der Waals surface area contributed by atoms with E-state index in [1.165, 1.54) is 39.0 Å². The van der Waals surface area contributed by atoms with Crippen LogP contribution in [0.2, 0.25) is 0 Å². The molecular formula is C17H22ClN3. The first kappa shape index (κ1) is 14.3. The van der Waals surface area contributed by atoms with Crippen molar-refractivity contribution in [3.8, 4) is 0 Å². The molecule has 0 bridgehead atoms. The number of benzene rings is 1. The summed E-state index contributed by atoms with van der Waals surface area (Å²) in [7, 11) is 2.17. The van der Waals surface area contributed by atoms with Gasteiger partial charge in [0.1, 0.15) is 6.67 Å². The van der Waals surface area contributed by atoms with Crippen LogP contribution in [0.1, 0.15) is 29.3 Å². The van der Waals surface area contributed by atoms with Crippen LogP contribution in [-0.4, -0.2) is 15.7 Å². The molecular weight excluding hydrogens is 282 g/mol. The molecule has 0 atom stereocenters. The molecule has 1 aromatic heterocycles. The summed E-state index contributed by atoms with van der Waals surface area (Å²) < 4.78 is 4.03. The number of anilines is 1. The monoisotopic (exact) mass is 303 g/mol. The van der Waals surface area contributed by atoms with E-state index in [9.17, 15) is 0 Å². The highest BCUT2D eigenvalue weighted by atomic mass is 35.5. The molecule has 0 N–H and O–H groups in total. The average molecular weight is 304 g/mol. The fourth-order valence-electron chi connectivity index (χ4n) is 3.70. The van der Waals surface area contributed by atoms with Gasteiger partial charge in [-0.05, 0) is 43.9 Å². The fourth-order valence-corrected chi connectivity index (χ4v) is 3.86. The summed E-state index contributed by atoms with van der Waals surface area (Å²) in [5, 5.41) is 1.36. The highest BCUT2D eigenvalue weighted by Gasteiger charge is 2.22. The minimum absolute atomic E-state index is 0.691. The molecule has 2 heterocycles. The van der Waals surface area contributed by atoms with Crippen LogP contribution in [0.5, 0.6) is 0 Å². The molecule has 3 nitrogen and oxygen atoms in total. The zero-order valence-electron chi connectivity index (χ0n) is 13.4. The van der Waals surface area contributed by atoms with Gasteiger partial charge in [0.25, 0.3) is 0 Å². The number of hydrogen-bond acceptors (Lipinski definition) is 2. The van der Waals surface area contributed by atoms with Gasteiger partial charge in [-0.1, -0.05) is 13.0 Å². The van der Waals surface area contributed by atoms with Crippen molar-refractivity contribution < 1.29 is 0 Å². The number of halogens is 1. The van der Waals surface area contributed by atoms with Crippen LogP contribution in [0.25, 0.3) is 10.9 Å². The van der Waals surface area contributed by atoms with Gasteiger partial charge < -0.3 is 9.47 Å². The summed E-state index contributed by atoms with van der Waals surface area (Å²) in [5.74, 6) is 0. The van der Waals surface area contributed by atoms with Crippen LogP contribution in [0.4, 0.5) is 5.69 Å². The molecule has 0 radical (unpaired) electrons. The van der Waals surface area contributed by atoms with Gasteiger partial charge in [-0.25, -0.2) is 0 Å². The molecule has 0 aliphatic carbocycles. The predicted octanol–water partition coefficient (Wildman–Crippen LogP) is 4.37. The Balaban J connectivity index is 2.36. The molecule has 3 rings (SSSR count). The second kappa shape index (κ2) is 4.99. The molecule has 0 unspecified atom stereocenters. The predicted molar refractivity (Wildman–Crippen MR) is 90.7 cm³/mol. The quantitative estimate of drug-likeness (QED) is 0.763. The molecule has 1 aliphatic rings. The van der Waals surface area contributed by atoms with Gasteiger partial charge in [0.15, 0.2) is 0 Å². The lowest BCUT2D eigenvalue weighted by atomic mass is 10.0. The van der Waals surface area contributed by atoms with E-state index in [1.54, 1.807) is 4.42 Å². The van der Waals surface area contributed by atoms with Crippen LogP contribution in [-0.2, 0) is 13.5 Å². The van der Waals surface area contributed by atoms with Gasteiger partial charge >= 0.3 is 0 Å². The minimum atomic E-state index is 0.691. The summed E-state index contributed by atoms with van der Waals surface area (Å²) in [5.41, 5.74) is 8.05. The second-order valence-corrected chi connectivity index (χ2v) is 6.31. The Morgan fingerprint density at radius 2 is 1.86 bits per heavy atom. The van der Waals surface area contributed by atoms with Crippen molar-refractivity contribution in [1.82, 2.24) is 8.99 Å².